The van der Waals surface area contributed by atoms with E-state index in [1.54, 1.807) is 6.07 Å². The molecule has 2 aromatic carbocycles. The third-order valence-corrected chi connectivity index (χ3v) is 3.58. The Morgan fingerprint density at radius 2 is 1.81 bits per heavy atom. The number of fused-ring (bicyclic) bond motifs is 1. The second-order valence-corrected chi connectivity index (χ2v) is 5.12. The first-order chi connectivity index (χ1) is 10.1. The Morgan fingerprint density at radius 1 is 1.00 bits per heavy atom. The predicted molar refractivity (Wildman–Crippen MR) is 82.7 cm³/mol. The molecule has 0 fully saturated rings. The average molecular weight is 280 g/mol. The van der Waals surface area contributed by atoms with Gasteiger partial charge in [-0.05, 0) is 42.7 Å². The van der Waals surface area contributed by atoms with Crippen LogP contribution in [0.5, 0.6) is 5.75 Å². The normalized spacial score (nSPS) is 10.8. The highest BCUT2D eigenvalue weighted by atomic mass is 16.5. The van der Waals surface area contributed by atoms with E-state index in [-0.39, 0.29) is 5.63 Å². The van der Waals surface area contributed by atoms with E-state index in [0.29, 0.717) is 17.9 Å². The zero-order chi connectivity index (χ0) is 14.8. The van der Waals surface area contributed by atoms with Crippen LogP contribution in [0.2, 0.25) is 0 Å². The van der Waals surface area contributed by atoms with Gasteiger partial charge in [0.05, 0.1) is 0 Å². The molecule has 0 N–H and O–H groups in total. The molecular weight excluding hydrogens is 264 g/mol. The Balaban J connectivity index is 1.88. The fraction of sp³-hybridized carbons (Fsp3) is 0.167. The van der Waals surface area contributed by atoms with E-state index in [2.05, 4.69) is 13.0 Å². The minimum atomic E-state index is -0.337. The van der Waals surface area contributed by atoms with Gasteiger partial charge in [-0.2, -0.15) is 0 Å². The minimum Gasteiger partial charge on any atom is -0.489 e. The number of hydrogen-bond acceptors (Lipinski definition) is 3. The number of rotatable bonds is 3. The molecule has 0 aliphatic heterocycles. The summed E-state index contributed by atoms with van der Waals surface area (Å²) in [4.78, 5) is 11.4. The van der Waals surface area contributed by atoms with Gasteiger partial charge in [0.25, 0.3) is 0 Å². The van der Waals surface area contributed by atoms with Crippen molar-refractivity contribution in [2.75, 3.05) is 0 Å². The maximum absolute atomic E-state index is 11.4. The second-order valence-electron chi connectivity index (χ2n) is 5.12. The lowest BCUT2D eigenvalue weighted by atomic mass is 10.1. The van der Waals surface area contributed by atoms with Crippen LogP contribution in [0.3, 0.4) is 0 Å². The Labute approximate surface area is 122 Å². The summed E-state index contributed by atoms with van der Waals surface area (Å²) in [5.74, 6) is 0.694. The molecule has 0 spiro atoms. The molecular formula is C18H16O3. The quantitative estimate of drug-likeness (QED) is 0.681. The van der Waals surface area contributed by atoms with Crippen LogP contribution in [0, 0.1) is 13.8 Å². The van der Waals surface area contributed by atoms with Gasteiger partial charge in [0, 0.05) is 17.5 Å². The Morgan fingerprint density at radius 3 is 2.62 bits per heavy atom. The third-order valence-electron chi connectivity index (χ3n) is 3.58. The Kier molecular flexibility index (Phi) is 3.48. The zero-order valence-corrected chi connectivity index (χ0v) is 12.1. The molecule has 3 nitrogen and oxygen atoms in total. The highest BCUT2D eigenvalue weighted by Gasteiger charge is 2.05. The molecule has 3 rings (SSSR count). The van der Waals surface area contributed by atoms with Gasteiger partial charge in [-0.25, -0.2) is 4.79 Å². The topological polar surface area (TPSA) is 39.4 Å². The van der Waals surface area contributed by atoms with Crippen LogP contribution >= 0.6 is 0 Å². The molecule has 0 amide bonds. The number of benzene rings is 2. The van der Waals surface area contributed by atoms with Crippen LogP contribution in [0.25, 0.3) is 11.0 Å². The first kappa shape index (κ1) is 13.4. The first-order valence-electron chi connectivity index (χ1n) is 6.85. The molecule has 0 aliphatic rings. The van der Waals surface area contributed by atoms with Crippen molar-refractivity contribution >= 4 is 11.0 Å². The maximum Gasteiger partial charge on any atom is 0.336 e. The molecule has 1 aromatic heterocycles. The molecule has 0 radical (unpaired) electrons. The monoisotopic (exact) mass is 280 g/mol. The highest BCUT2D eigenvalue weighted by molar-refractivity contribution is 5.81. The molecule has 0 unspecified atom stereocenters. The summed E-state index contributed by atoms with van der Waals surface area (Å²) in [6.07, 6.45) is 0. The second kappa shape index (κ2) is 5.44. The van der Waals surface area contributed by atoms with E-state index in [4.69, 9.17) is 9.15 Å². The maximum atomic E-state index is 11.4. The van der Waals surface area contributed by atoms with Crippen molar-refractivity contribution < 1.29 is 9.15 Å². The van der Waals surface area contributed by atoms with E-state index >= 15 is 0 Å². The molecule has 3 aromatic rings. The SMILES string of the molecule is Cc1ccccc1COc1ccc2c(C)cc(=O)oc2c1. The van der Waals surface area contributed by atoms with Crippen molar-refractivity contribution in [3.63, 3.8) is 0 Å². The van der Waals surface area contributed by atoms with Crippen LogP contribution in [0.1, 0.15) is 16.7 Å². The van der Waals surface area contributed by atoms with Gasteiger partial charge in [-0.15, -0.1) is 0 Å². The molecule has 21 heavy (non-hydrogen) atoms. The lowest BCUT2D eigenvalue weighted by molar-refractivity contribution is 0.305. The van der Waals surface area contributed by atoms with Crippen LogP contribution in [0.15, 0.2) is 57.7 Å². The van der Waals surface area contributed by atoms with Crippen molar-refractivity contribution in [3.05, 3.63) is 75.6 Å². The fourth-order valence-electron chi connectivity index (χ4n) is 2.33. The van der Waals surface area contributed by atoms with Gasteiger partial charge in [0.1, 0.15) is 17.9 Å². The summed E-state index contributed by atoms with van der Waals surface area (Å²) < 4.78 is 11.0. The van der Waals surface area contributed by atoms with E-state index in [1.165, 1.54) is 11.6 Å². The van der Waals surface area contributed by atoms with E-state index in [1.807, 2.05) is 37.3 Å². The molecule has 0 atom stereocenters. The molecule has 0 aliphatic carbocycles. The van der Waals surface area contributed by atoms with E-state index < -0.39 is 0 Å². The predicted octanol–water partition coefficient (Wildman–Crippen LogP) is 3.99. The fourth-order valence-corrected chi connectivity index (χ4v) is 2.33. The van der Waals surface area contributed by atoms with Crippen molar-refractivity contribution in [1.29, 1.82) is 0 Å². The number of aryl methyl sites for hydroxylation is 2. The van der Waals surface area contributed by atoms with E-state index in [0.717, 1.165) is 16.5 Å². The summed E-state index contributed by atoms with van der Waals surface area (Å²) in [5.41, 5.74) is 3.47. The number of ether oxygens (including phenoxy) is 1. The standard InChI is InChI=1S/C18H16O3/c1-12-5-3-4-6-14(12)11-20-15-7-8-16-13(2)9-18(19)21-17(16)10-15/h3-10H,11H2,1-2H3. The van der Waals surface area contributed by atoms with Crippen LogP contribution in [-0.2, 0) is 6.61 Å². The van der Waals surface area contributed by atoms with Gasteiger partial charge in [0.2, 0.25) is 0 Å². The smallest absolute Gasteiger partial charge is 0.336 e. The Hall–Kier alpha value is -2.55. The molecule has 1 heterocycles. The highest BCUT2D eigenvalue weighted by Crippen LogP contribution is 2.23. The largest absolute Gasteiger partial charge is 0.489 e. The van der Waals surface area contributed by atoms with Crippen molar-refractivity contribution in [2.24, 2.45) is 0 Å². The first-order valence-corrected chi connectivity index (χ1v) is 6.85. The van der Waals surface area contributed by atoms with Crippen LogP contribution in [-0.4, -0.2) is 0 Å². The van der Waals surface area contributed by atoms with Crippen LogP contribution in [0.4, 0.5) is 0 Å². The lowest BCUT2D eigenvalue weighted by Gasteiger charge is -2.09. The third kappa shape index (κ3) is 2.82. The van der Waals surface area contributed by atoms with Crippen molar-refractivity contribution in [1.82, 2.24) is 0 Å². The summed E-state index contributed by atoms with van der Waals surface area (Å²) in [5, 5.41) is 0.929. The summed E-state index contributed by atoms with van der Waals surface area (Å²) >= 11 is 0. The van der Waals surface area contributed by atoms with Gasteiger partial charge < -0.3 is 9.15 Å². The van der Waals surface area contributed by atoms with Gasteiger partial charge in [-0.3, -0.25) is 0 Å². The van der Waals surface area contributed by atoms with Gasteiger partial charge in [-0.1, -0.05) is 24.3 Å². The Bertz CT molecular complexity index is 846. The molecule has 0 bridgehead atoms. The summed E-state index contributed by atoms with van der Waals surface area (Å²) in [7, 11) is 0. The number of hydrogen-bond donors (Lipinski definition) is 0. The molecule has 0 saturated carbocycles. The zero-order valence-electron chi connectivity index (χ0n) is 12.1. The summed E-state index contributed by atoms with van der Waals surface area (Å²) in [6.45, 7) is 4.45. The van der Waals surface area contributed by atoms with Crippen LogP contribution < -0.4 is 10.4 Å². The lowest BCUT2D eigenvalue weighted by Crippen LogP contribution is -2.00. The van der Waals surface area contributed by atoms with Gasteiger partial charge in [0.15, 0.2) is 0 Å². The van der Waals surface area contributed by atoms with E-state index in [9.17, 15) is 4.79 Å². The minimum absolute atomic E-state index is 0.337. The average Bonchev–Trinajstić information content (AvgIpc) is 2.46. The molecule has 0 saturated heterocycles. The van der Waals surface area contributed by atoms with Crippen molar-refractivity contribution in [3.8, 4) is 5.75 Å². The van der Waals surface area contributed by atoms with Crippen molar-refractivity contribution in [2.45, 2.75) is 20.5 Å². The molecule has 3 heteroatoms. The molecule has 106 valence electrons. The summed E-state index contributed by atoms with van der Waals surface area (Å²) in [6, 6.07) is 15.2. The van der Waals surface area contributed by atoms with Gasteiger partial charge >= 0.3 is 5.63 Å².